The molecule has 0 bridgehead atoms. The summed E-state index contributed by atoms with van der Waals surface area (Å²) in [5.41, 5.74) is 0.744. The summed E-state index contributed by atoms with van der Waals surface area (Å²) < 4.78 is 23.8. The molecule has 1 N–H and O–H groups in total. The second-order valence-electron chi connectivity index (χ2n) is 5.48. The first-order valence-corrected chi connectivity index (χ1v) is 9.82. The summed E-state index contributed by atoms with van der Waals surface area (Å²) in [6.07, 6.45) is 5.92. The molecule has 1 saturated heterocycles. The van der Waals surface area contributed by atoms with Gasteiger partial charge in [-0.05, 0) is 30.8 Å². The number of rotatable bonds is 4. The first-order valence-electron chi connectivity index (χ1n) is 7.05. The maximum absolute atomic E-state index is 11.9. The van der Waals surface area contributed by atoms with E-state index in [4.69, 9.17) is 0 Å². The molecule has 21 heavy (non-hydrogen) atoms. The van der Waals surface area contributed by atoms with Crippen LogP contribution < -0.4 is 0 Å². The first-order chi connectivity index (χ1) is 10.1. The highest BCUT2D eigenvalue weighted by Crippen LogP contribution is 2.34. The lowest BCUT2D eigenvalue weighted by atomic mass is 9.99. The standard InChI is InChI=1S/C14H19N3O2S2/c1-21(18,19)13-9-15-16-14(13)12-6-2-3-7-17(12)10-11-5-4-8-20-11/h4-5,8-9,12H,2-3,6-7,10H2,1H3,(H,15,16)/t12-/m1/s1. The fraction of sp³-hybridized carbons (Fsp3) is 0.500. The normalized spacial score (nSPS) is 20.7. The second-order valence-corrected chi connectivity index (χ2v) is 8.50. The SMILES string of the molecule is CS(=O)(=O)c1cn[nH]c1[C@H]1CCCCN1Cc1cccs1. The molecule has 1 aliphatic rings. The fourth-order valence-corrected chi connectivity index (χ4v) is 4.48. The zero-order valence-corrected chi connectivity index (χ0v) is 13.6. The van der Waals surface area contributed by atoms with Gasteiger partial charge in [-0.3, -0.25) is 10.00 Å². The van der Waals surface area contributed by atoms with E-state index in [2.05, 4.69) is 32.6 Å². The molecule has 1 aliphatic heterocycles. The third kappa shape index (κ3) is 3.20. The van der Waals surface area contributed by atoms with Crippen molar-refractivity contribution in [2.75, 3.05) is 12.8 Å². The summed E-state index contributed by atoms with van der Waals surface area (Å²) in [4.78, 5) is 4.00. The number of aromatic nitrogens is 2. The van der Waals surface area contributed by atoms with Gasteiger partial charge < -0.3 is 0 Å². The number of aromatic amines is 1. The van der Waals surface area contributed by atoms with Gasteiger partial charge in [-0.2, -0.15) is 5.10 Å². The predicted octanol–water partition coefficient (Wildman–Crippen LogP) is 2.60. The summed E-state index contributed by atoms with van der Waals surface area (Å²) in [5, 5.41) is 8.97. The van der Waals surface area contributed by atoms with Crippen molar-refractivity contribution in [2.24, 2.45) is 0 Å². The Hall–Kier alpha value is -1.18. The third-order valence-corrected chi connectivity index (χ3v) is 5.90. The van der Waals surface area contributed by atoms with E-state index in [0.29, 0.717) is 4.90 Å². The maximum Gasteiger partial charge on any atom is 0.178 e. The van der Waals surface area contributed by atoms with Crippen molar-refractivity contribution < 1.29 is 8.42 Å². The highest BCUT2D eigenvalue weighted by Gasteiger charge is 2.30. The Morgan fingerprint density at radius 3 is 3.05 bits per heavy atom. The number of nitrogens with one attached hydrogen (secondary N) is 1. The molecule has 0 amide bonds. The van der Waals surface area contributed by atoms with Crippen LogP contribution >= 0.6 is 11.3 Å². The highest BCUT2D eigenvalue weighted by molar-refractivity contribution is 7.90. The van der Waals surface area contributed by atoms with E-state index in [0.717, 1.165) is 38.0 Å². The van der Waals surface area contributed by atoms with Crippen molar-refractivity contribution in [3.05, 3.63) is 34.3 Å². The molecule has 0 saturated carbocycles. The molecule has 1 fully saturated rings. The number of hydrogen-bond donors (Lipinski definition) is 1. The lowest BCUT2D eigenvalue weighted by Gasteiger charge is -2.35. The molecule has 0 unspecified atom stereocenters. The van der Waals surface area contributed by atoms with E-state index in [1.807, 2.05) is 0 Å². The number of thiophene rings is 1. The van der Waals surface area contributed by atoms with Gasteiger partial charge in [0.15, 0.2) is 9.84 Å². The number of H-pyrrole nitrogens is 1. The zero-order valence-electron chi connectivity index (χ0n) is 11.9. The van der Waals surface area contributed by atoms with Gasteiger partial charge in [-0.15, -0.1) is 11.3 Å². The van der Waals surface area contributed by atoms with Crippen LogP contribution in [0.2, 0.25) is 0 Å². The minimum Gasteiger partial charge on any atom is -0.290 e. The van der Waals surface area contributed by atoms with E-state index in [9.17, 15) is 8.42 Å². The van der Waals surface area contributed by atoms with Crippen molar-refractivity contribution in [2.45, 2.75) is 36.7 Å². The first kappa shape index (κ1) is 14.7. The monoisotopic (exact) mass is 325 g/mol. The maximum atomic E-state index is 11.9. The quantitative estimate of drug-likeness (QED) is 0.938. The van der Waals surface area contributed by atoms with Crippen molar-refractivity contribution >= 4 is 21.2 Å². The molecule has 7 heteroatoms. The summed E-state index contributed by atoms with van der Waals surface area (Å²) in [7, 11) is -3.24. The number of sulfone groups is 1. The van der Waals surface area contributed by atoms with Crippen molar-refractivity contribution in [1.82, 2.24) is 15.1 Å². The Morgan fingerprint density at radius 1 is 1.48 bits per heavy atom. The van der Waals surface area contributed by atoms with Gasteiger partial charge in [-0.1, -0.05) is 12.5 Å². The van der Waals surface area contributed by atoms with Crippen LogP contribution in [0.3, 0.4) is 0 Å². The topological polar surface area (TPSA) is 66.1 Å². The number of piperidine rings is 1. The van der Waals surface area contributed by atoms with Crippen LogP contribution in [0.1, 0.15) is 35.9 Å². The Bertz CT molecular complexity index is 692. The van der Waals surface area contributed by atoms with Gasteiger partial charge in [0.1, 0.15) is 4.90 Å². The van der Waals surface area contributed by atoms with Crippen LogP contribution in [0, 0.1) is 0 Å². The van der Waals surface area contributed by atoms with Gasteiger partial charge >= 0.3 is 0 Å². The Balaban J connectivity index is 1.89. The van der Waals surface area contributed by atoms with Crippen LogP contribution in [-0.2, 0) is 16.4 Å². The smallest absolute Gasteiger partial charge is 0.178 e. The summed E-state index contributed by atoms with van der Waals surface area (Å²) in [6, 6.07) is 4.28. The fourth-order valence-electron chi connectivity index (χ4n) is 2.93. The van der Waals surface area contributed by atoms with E-state index in [1.165, 1.54) is 17.3 Å². The number of likely N-dealkylation sites (tertiary alicyclic amines) is 1. The van der Waals surface area contributed by atoms with Crippen molar-refractivity contribution in [3.63, 3.8) is 0 Å². The minimum atomic E-state index is -3.24. The van der Waals surface area contributed by atoms with E-state index < -0.39 is 9.84 Å². The molecule has 0 radical (unpaired) electrons. The average molecular weight is 325 g/mol. The second kappa shape index (κ2) is 5.90. The molecule has 0 aliphatic carbocycles. The molecule has 114 valence electrons. The zero-order chi connectivity index (χ0) is 14.9. The largest absolute Gasteiger partial charge is 0.290 e. The summed E-state index contributed by atoms with van der Waals surface area (Å²) >= 11 is 1.74. The highest BCUT2D eigenvalue weighted by atomic mass is 32.2. The molecule has 3 rings (SSSR count). The van der Waals surface area contributed by atoms with Crippen LogP contribution in [0.5, 0.6) is 0 Å². The van der Waals surface area contributed by atoms with Crippen LogP contribution in [0.25, 0.3) is 0 Å². The van der Waals surface area contributed by atoms with E-state index in [1.54, 1.807) is 11.3 Å². The average Bonchev–Trinajstić information content (AvgIpc) is 3.08. The molecule has 0 aromatic carbocycles. The molecule has 3 heterocycles. The van der Waals surface area contributed by atoms with Gasteiger partial charge in [0.2, 0.25) is 0 Å². The molecular formula is C14H19N3O2S2. The van der Waals surface area contributed by atoms with Gasteiger partial charge in [0.05, 0.1) is 17.9 Å². The molecule has 1 atom stereocenters. The molecule has 2 aromatic rings. The Kier molecular flexibility index (Phi) is 4.14. The third-order valence-electron chi connectivity index (χ3n) is 3.92. The Labute approximate surface area is 128 Å². The van der Waals surface area contributed by atoms with Gasteiger partial charge in [0, 0.05) is 17.7 Å². The van der Waals surface area contributed by atoms with Crippen LogP contribution in [-0.4, -0.2) is 36.3 Å². The van der Waals surface area contributed by atoms with Crippen LogP contribution in [0.15, 0.2) is 28.6 Å². The van der Waals surface area contributed by atoms with Crippen molar-refractivity contribution in [1.29, 1.82) is 0 Å². The molecule has 0 spiro atoms. The molecule has 2 aromatic heterocycles. The summed E-state index contributed by atoms with van der Waals surface area (Å²) in [5.74, 6) is 0. The van der Waals surface area contributed by atoms with Gasteiger partial charge in [-0.25, -0.2) is 8.42 Å². The van der Waals surface area contributed by atoms with Crippen molar-refractivity contribution in [3.8, 4) is 0 Å². The Morgan fingerprint density at radius 2 is 2.33 bits per heavy atom. The van der Waals surface area contributed by atoms with E-state index in [-0.39, 0.29) is 6.04 Å². The number of nitrogens with zero attached hydrogens (tertiary/aromatic N) is 2. The molecular weight excluding hydrogens is 306 g/mol. The predicted molar refractivity (Wildman–Crippen MR) is 83.0 cm³/mol. The molecule has 5 nitrogen and oxygen atoms in total. The summed E-state index contributed by atoms with van der Waals surface area (Å²) in [6.45, 7) is 1.86. The van der Waals surface area contributed by atoms with Gasteiger partial charge in [0.25, 0.3) is 0 Å². The number of hydrogen-bond acceptors (Lipinski definition) is 5. The lowest BCUT2D eigenvalue weighted by molar-refractivity contribution is 0.136. The van der Waals surface area contributed by atoms with Crippen LogP contribution in [0.4, 0.5) is 0 Å². The van der Waals surface area contributed by atoms with E-state index >= 15 is 0 Å². The lowest BCUT2D eigenvalue weighted by Crippen LogP contribution is -2.33. The minimum absolute atomic E-state index is 0.105.